The first-order valence-corrected chi connectivity index (χ1v) is 12.3. The van der Waals surface area contributed by atoms with Crippen molar-refractivity contribution in [3.8, 4) is 22.7 Å². The molecule has 2 aromatic heterocycles. The van der Waals surface area contributed by atoms with E-state index in [1.165, 1.54) is 17.1 Å². The molecule has 0 atom stereocenters. The van der Waals surface area contributed by atoms with Gasteiger partial charge in [-0.1, -0.05) is 47.0 Å². The molecule has 0 bridgehead atoms. The van der Waals surface area contributed by atoms with Crippen LogP contribution in [-0.4, -0.2) is 43.6 Å². The van der Waals surface area contributed by atoms with Crippen molar-refractivity contribution in [1.29, 1.82) is 0 Å². The molecule has 0 aliphatic heterocycles. The lowest BCUT2D eigenvalue weighted by molar-refractivity contribution is -0.138. The van der Waals surface area contributed by atoms with Crippen molar-refractivity contribution in [1.82, 2.24) is 19.5 Å². The molecule has 0 spiro atoms. The lowest BCUT2D eigenvalue weighted by Crippen LogP contribution is -2.29. The van der Waals surface area contributed by atoms with Crippen molar-refractivity contribution in [3.05, 3.63) is 89.1 Å². The van der Waals surface area contributed by atoms with Gasteiger partial charge in [0.05, 0.1) is 12.2 Å². The fourth-order valence-corrected chi connectivity index (χ4v) is 4.48. The second-order valence-corrected chi connectivity index (χ2v) is 9.02. The van der Waals surface area contributed by atoms with Crippen LogP contribution in [0.3, 0.4) is 0 Å². The predicted molar refractivity (Wildman–Crippen MR) is 137 cm³/mol. The van der Waals surface area contributed by atoms with E-state index >= 15 is 0 Å². The summed E-state index contributed by atoms with van der Waals surface area (Å²) >= 11 is 1.33. The van der Waals surface area contributed by atoms with Gasteiger partial charge in [0, 0.05) is 29.6 Å². The fourth-order valence-electron chi connectivity index (χ4n) is 4.02. The van der Waals surface area contributed by atoms with Crippen LogP contribution in [0, 0.1) is 6.92 Å². The summed E-state index contributed by atoms with van der Waals surface area (Å²) in [6, 6.07) is 16.3. The average Bonchev–Trinajstić information content (AvgIpc) is 3.50. The minimum Gasteiger partial charge on any atom is -0.480 e. The van der Waals surface area contributed by atoms with Gasteiger partial charge in [0.1, 0.15) is 11.5 Å². The van der Waals surface area contributed by atoms with Crippen molar-refractivity contribution < 1.29 is 14.3 Å². The Kier molecular flexibility index (Phi) is 8.18. The first-order chi connectivity index (χ1) is 17.0. The van der Waals surface area contributed by atoms with Crippen molar-refractivity contribution in [2.45, 2.75) is 32.7 Å². The first kappa shape index (κ1) is 24.5. The minimum absolute atomic E-state index is 0.00514. The number of oxazole rings is 1. The van der Waals surface area contributed by atoms with Crippen molar-refractivity contribution in [3.63, 3.8) is 0 Å². The molecule has 0 saturated heterocycles. The number of nitrogens with zero attached hydrogens (tertiary/aromatic N) is 4. The van der Waals surface area contributed by atoms with Crippen molar-refractivity contribution in [2.75, 3.05) is 13.1 Å². The lowest BCUT2D eigenvalue weighted by Gasteiger charge is -2.18. The second-order valence-electron chi connectivity index (χ2n) is 8.41. The molecule has 0 fully saturated rings. The van der Waals surface area contributed by atoms with Gasteiger partial charge in [0.15, 0.2) is 0 Å². The maximum absolute atomic E-state index is 11.1. The molecule has 180 valence electrons. The number of aliphatic carboxylic acids is 1. The lowest BCUT2D eigenvalue weighted by atomic mass is 10.0. The van der Waals surface area contributed by atoms with Gasteiger partial charge in [-0.15, -0.1) is 11.7 Å². The highest BCUT2D eigenvalue weighted by atomic mass is 32.1. The van der Waals surface area contributed by atoms with E-state index in [0.29, 0.717) is 19.0 Å². The van der Waals surface area contributed by atoms with Gasteiger partial charge in [-0.05, 0) is 61.0 Å². The standard InChI is InChI=1S/C27H28N4O3S/c1-3-14-31(17-26(32)33)16-21-8-4-6-20(15-21)7-5-9-24-19(2)34-27(28-24)23-12-10-22(11-13-23)25-18-35-30-29-25/h3-4,6,8,10-13,15,18H,1,5,7,9,14,16-17H2,2H3,(H,32,33). The molecule has 2 heterocycles. The molecule has 2 aromatic carbocycles. The average molecular weight is 489 g/mol. The zero-order chi connectivity index (χ0) is 24.6. The summed E-state index contributed by atoms with van der Waals surface area (Å²) < 4.78 is 9.87. The third-order valence-corrected chi connectivity index (χ3v) is 6.21. The highest BCUT2D eigenvalue weighted by molar-refractivity contribution is 7.03. The Morgan fingerprint density at radius 1 is 1.14 bits per heavy atom. The molecule has 0 aliphatic carbocycles. The van der Waals surface area contributed by atoms with Crippen LogP contribution >= 0.6 is 11.5 Å². The summed E-state index contributed by atoms with van der Waals surface area (Å²) in [6.45, 7) is 6.79. The Balaban J connectivity index is 1.35. The number of hydrogen-bond acceptors (Lipinski definition) is 7. The molecule has 0 saturated carbocycles. The van der Waals surface area contributed by atoms with E-state index in [1.54, 1.807) is 6.08 Å². The molecule has 0 amide bonds. The molecule has 35 heavy (non-hydrogen) atoms. The van der Waals surface area contributed by atoms with E-state index in [2.05, 4.69) is 28.3 Å². The van der Waals surface area contributed by atoms with Gasteiger partial charge in [-0.2, -0.15) is 0 Å². The number of benzene rings is 2. The first-order valence-electron chi connectivity index (χ1n) is 11.5. The number of carboxylic acids is 1. The largest absolute Gasteiger partial charge is 0.480 e. The van der Waals surface area contributed by atoms with E-state index < -0.39 is 5.97 Å². The fraction of sp³-hybridized carbons (Fsp3) is 0.259. The SMILES string of the molecule is C=CCN(CC(=O)O)Cc1cccc(CCCc2nc(-c3ccc(-c4csnn4)cc3)oc2C)c1. The highest BCUT2D eigenvalue weighted by Crippen LogP contribution is 2.26. The normalized spacial score (nSPS) is 11.1. The highest BCUT2D eigenvalue weighted by Gasteiger charge is 2.13. The topological polar surface area (TPSA) is 92.4 Å². The maximum atomic E-state index is 11.1. The second kappa shape index (κ2) is 11.7. The molecule has 0 unspecified atom stereocenters. The number of carbonyl (C=O) groups is 1. The van der Waals surface area contributed by atoms with Crippen LogP contribution in [0.15, 0.2) is 71.0 Å². The summed E-state index contributed by atoms with van der Waals surface area (Å²) in [6.07, 6.45) is 4.40. The Bertz CT molecular complexity index is 1270. The molecule has 0 radical (unpaired) electrons. The molecular weight excluding hydrogens is 460 g/mol. The van der Waals surface area contributed by atoms with E-state index in [4.69, 9.17) is 14.5 Å². The van der Waals surface area contributed by atoms with E-state index in [0.717, 1.165) is 53.1 Å². The van der Waals surface area contributed by atoms with Crippen LogP contribution in [0.4, 0.5) is 0 Å². The summed E-state index contributed by atoms with van der Waals surface area (Å²) in [5.74, 6) is 0.636. The Morgan fingerprint density at radius 3 is 2.63 bits per heavy atom. The number of aromatic nitrogens is 3. The van der Waals surface area contributed by atoms with Crippen LogP contribution in [0.25, 0.3) is 22.7 Å². The Morgan fingerprint density at radius 2 is 1.91 bits per heavy atom. The van der Waals surface area contributed by atoms with Crippen molar-refractivity contribution >= 4 is 17.5 Å². The van der Waals surface area contributed by atoms with Crippen LogP contribution in [0.2, 0.25) is 0 Å². The van der Waals surface area contributed by atoms with Gasteiger partial charge in [-0.3, -0.25) is 9.69 Å². The van der Waals surface area contributed by atoms with E-state index in [1.807, 2.05) is 53.6 Å². The zero-order valence-electron chi connectivity index (χ0n) is 19.7. The monoisotopic (exact) mass is 488 g/mol. The molecule has 1 N–H and O–H groups in total. The molecule has 4 rings (SSSR count). The summed E-state index contributed by atoms with van der Waals surface area (Å²) in [5, 5.41) is 15.1. The molecule has 4 aromatic rings. The minimum atomic E-state index is -0.835. The predicted octanol–water partition coefficient (Wildman–Crippen LogP) is 5.42. The number of carboxylic acid groups (broad SMARTS) is 1. The smallest absolute Gasteiger partial charge is 0.317 e. The van der Waals surface area contributed by atoms with Crippen LogP contribution in [0.1, 0.15) is 29.0 Å². The Hall–Kier alpha value is -3.62. The maximum Gasteiger partial charge on any atom is 0.317 e. The Labute approximate surface area is 208 Å². The van der Waals surface area contributed by atoms with E-state index in [9.17, 15) is 4.79 Å². The van der Waals surface area contributed by atoms with Crippen molar-refractivity contribution in [2.24, 2.45) is 0 Å². The zero-order valence-corrected chi connectivity index (χ0v) is 20.5. The molecule has 7 nitrogen and oxygen atoms in total. The summed E-state index contributed by atoms with van der Waals surface area (Å²) in [5.41, 5.74) is 6.12. The third-order valence-electron chi connectivity index (χ3n) is 5.70. The number of hydrogen-bond donors (Lipinski definition) is 1. The van der Waals surface area contributed by atoms with Gasteiger partial charge >= 0.3 is 5.97 Å². The summed E-state index contributed by atoms with van der Waals surface area (Å²) in [7, 11) is 0. The van der Waals surface area contributed by atoms with E-state index in [-0.39, 0.29) is 6.54 Å². The van der Waals surface area contributed by atoms with Gasteiger partial charge in [0.2, 0.25) is 5.89 Å². The van der Waals surface area contributed by atoms with Crippen LogP contribution in [0.5, 0.6) is 0 Å². The third kappa shape index (κ3) is 6.71. The van der Waals surface area contributed by atoms with Gasteiger partial charge in [0.25, 0.3) is 0 Å². The summed E-state index contributed by atoms with van der Waals surface area (Å²) in [4.78, 5) is 17.7. The molecule has 0 aliphatic rings. The van der Waals surface area contributed by atoms with Crippen LogP contribution < -0.4 is 0 Å². The number of rotatable bonds is 12. The van der Waals surface area contributed by atoms with Gasteiger partial charge < -0.3 is 9.52 Å². The number of aryl methyl sites for hydroxylation is 3. The molecule has 8 heteroatoms. The quantitative estimate of drug-likeness (QED) is 0.266. The molecular formula is C27H28N4O3S. The van der Waals surface area contributed by atoms with Gasteiger partial charge in [-0.25, -0.2) is 4.98 Å². The van der Waals surface area contributed by atoms with Crippen LogP contribution in [-0.2, 0) is 24.2 Å².